The molecule has 0 fully saturated rings. The van der Waals surface area contributed by atoms with Crippen LogP contribution < -0.4 is 16.2 Å². The molecule has 1 aromatic heterocycles. The Balaban J connectivity index is 2.21. The van der Waals surface area contributed by atoms with E-state index in [1.54, 1.807) is 6.20 Å². The molecule has 0 saturated carbocycles. The SMILES string of the molecule is Nc1ccc(S(N)(=O)=O)cc1NCc1ccccn1. The molecular weight excluding hydrogens is 264 g/mol. The Morgan fingerprint density at radius 1 is 1.21 bits per heavy atom. The van der Waals surface area contributed by atoms with Crippen molar-refractivity contribution >= 4 is 21.4 Å². The van der Waals surface area contributed by atoms with Crippen molar-refractivity contribution in [1.82, 2.24) is 4.98 Å². The summed E-state index contributed by atoms with van der Waals surface area (Å²) in [6, 6.07) is 9.82. The third-order valence-electron chi connectivity index (χ3n) is 2.54. The molecule has 0 amide bonds. The number of nitrogens with one attached hydrogen (secondary N) is 1. The van der Waals surface area contributed by atoms with Gasteiger partial charge in [0.1, 0.15) is 0 Å². The quantitative estimate of drug-likeness (QED) is 0.720. The van der Waals surface area contributed by atoms with Crippen molar-refractivity contribution in [3.8, 4) is 0 Å². The lowest BCUT2D eigenvalue weighted by atomic mass is 10.2. The standard InChI is InChI=1S/C12H14N4O2S/c13-11-5-4-10(19(14,17)18)7-12(11)16-8-9-3-1-2-6-15-9/h1-7,16H,8,13H2,(H2,14,17,18). The summed E-state index contributed by atoms with van der Waals surface area (Å²) < 4.78 is 22.5. The van der Waals surface area contributed by atoms with Gasteiger partial charge < -0.3 is 11.1 Å². The Kier molecular flexibility index (Phi) is 3.68. The average molecular weight is 278 g/mol. The zero-order chi connectivity index (χ0) is 13.9. The fraction of sp³-hybridized carbons (Fsp3) is 0.0833. The summed E-state index contributed by atoms with van der Waals surface area (Å²) in [4.78, 5) is 4.17. The van der Waals surface area contributed by atoms with Crippen molar-refractivity contribution in [2.75, 3.05) is 11.1 Å². The Morgan fingerprint density at radius 2 is 2.00 bits per heavy atom. The first-order valence-corrected chi connectivity index (χ1v) is 7.07. The second-order valence-electron chi connectivity index (χ2n) is 3.97. The molecule has 0 saturated heterocycles. The topological polar surface area (TPSA) is 111 Å². The molecule has 0 spiro atoms. The molecular formula is C12H14N4O2S. The first-order valence-electron chi connectivity index (χ1n) is 5.53. The van der Waals surface area contributed by atoms with E-state index in [2.05, 4.69) is 10.3 Å². The van der Waals surface area contributed by atoms with Crippen LogP contribution in [-0.2, 0) is 16.6 Å². The van der Waals surface area contributed by atoms with Gasteiger partial charge >= 0.3 is 0 Å². The number of hydrogen-bond donors (Lipinski definition) is 3. The summed E-state index contributed by atoms with van der Waals surface area (Å²) >= 11 is 0. The number of primary sulfonamides is 1. The van der Waals surface area contributed by atoms with Crippen LogP contribution in [0.3, 0.4) is 0 Å². The van der Waals surface area contributed by atoms with Crippen LogP contribution >= 0.6 is 0 Å². The zero-order valence-electron chi connectivity index (χ0n) is 10.1. The average Bonchev–Trinajstić information content (AvgIpc) is 2.37. The Morgan fingerprint density at radius 3 is 2.63 bits per heavy atom. The van der Waals surface area contributed by atoms with Crippen LogP contribution in [0.5, 0.6) is 0 Å². The minimum Gasteiger partial charge on any atom is -0.397 e. The van der Waals surface area contributed by atoms with Crippen LogP contribution in [0.15, 0.2) is 47.5 Å². The van der Waals surface area contributed by atoms with Gasteiger partial charge in [0.15, 0.2) is 0 Å². The molecule has 0 atom stereocenters. The van der Waals surface area contributed by atoms with E-state index in [1.807, 2.05) is 18.2 Å². The highest BCUT2D eigenvalue weighted by atomic mass is 32.2. The van der Waals surface area contributed by atoms with Crippen LogP contribution in [0.4, 0.5) is 11.4 Å². The van der Waals surface area contributed by atoms with E-state index in [0.29, 0.717) is 17.9 Å². The third-order valence-corrected chi connectivity index (χ3v) is 3.45. The minimum atomic E-state index is -3.74. The summed E-state index contributed by atoms with van der Waals surface area (Å²) in [5.41, 5.74) is 7.56. The lowest BCUT2D eigenvalue weighted by Crippen LogP contribution is -2.13. The largest absolute Gasteiger partial charge is 0.397 e. The van der Waals surface area contributed by atoms with Crippen LogP contribution in [0.2, 0.25) is 0 Å². The van der Waals surface area contributed by atoms with E-state index < -0.39 is 10.0 Å². The smallest absolute Gasteiger partial charge is 0.238 e. The fourth-order valence-corrected chi connectivity index (χ4v) is 2.09. The molecule has 100 valence electrons. The number of nitrogens with two attached hydrogens (primary N) is 2. The number of pyridine rings is 1. The lowest BCUT2D eigenvalue weighted by molar-refractivity contribution is 0.598. The number of nitrogen functional groups attached to an aromatic ring is 1. The highest BCUT2D eigenvalue weighted by Gasteiger charge is 2.10. The predicted molar refractivity (Wildman–Crippen MR) is 73.8 cm³/mol. The van der Waals surface area contributed by atoms with Gasteiger partial charge in [-0.3, -0.25) is 4.98 Å². The summed E-state index contributed by atoms with van der Waals surface area (Å²) in [5, 5.41) is 8.11. The zero-order valence-corrected chi connectivity index (χ0v) is 10.9. The number of aromatic nitrogens is 1. The van der Waals surface area contributed by atoms with Gasteiger partial charge in [0.2, 0.25) is 10.0 Å². The van der Waals surface area contributed by atoms with Gasteiger partial charge in [0.25, 0.3) is 0 Å². The predicted octanol–water partition coefficient (Wildman–Crippen LogP) is 0.923. The van der Waals surface area contributed by atoms with Gasteiger partial charge in [-0.1, -0.05) is 6.07 Å². The number of rotatable bonds is 4. The van der Waals surface area contributed by atoms with E-state index in [-0.39, 0.29) is 4.90 Å². The van der Waals surface area contributed by atoms with Crippen molar-refractivity contribution in [3.05, 3.63) is 48.3 Å². The maximum Gasteiger partial charge on any atom is 0.238 e. The minimum absolute atomic E-state index is 0.0187. The van der Waals surface area contributed by atoms with E-state index in [4.69, 9.17) is 10.9 Å². The fourth-order valence-electron chi connectivity index (χ4n) is 1.55. The number of sulfonamides is 1. The first-order chi connectivity index (χ1) is 8.97. The monoisotopic (exact) mass is 278 g/mol. The Bertz CT molecular complexity index is 671. The van der Waals surface area contributed by atoms with Gasteiger partial charge in [0.05, 0.1) is 28.5 Å². The molecule has 2 rings (SSSR count). The molecule has 1 heterocycles. The molecule has 0 aliphatic rings. The second-order valence-corrected chi connectivity index (χ2v) is 5.53. The molecule has 7 heteroatoms. The van der Waals surface area contributed by atoms with Crippen LogP contribution in [0.25, 0.3) is 0 Å². The molecule has 19 heavy (non-hydrogen) atoms. The van der Waals surface area contributed by atoms with E-state index >= 15 is 0 Å². The first kappa shape index (κ1) is 13.3. The molecule has 6 nitrogen and oxygen atoms in total. The van der Waals surface area contributed by atoms with Gasteiger partial charge in [-0.05, 0) is 30.3 Å². The lowest BCUT2D eigenvalue weighted by Gasteiger charge is -2.10. The highest BCUT2D eigenvalue weighted by molar-refractivity contribution is 7.89. The summed E-state index contributed by atoms with van der Waals surface area (Å²) in [6.45, 7) is 0.444. The van der Waals surface area contributed by atoms with Crippen LogP contribution in [-0.4, -0.2) is 13.4 Å². The van der Waals surface area contributed by atoms with Crippen LogP contribution in [0.1, 0.15) is 5.69 Å². The molecule has 0 aliphatic carbocycles. The number of benzene rings is 1. The number of hydrogen-bond acceptors (Lipinski definition) is 5. The molecule has 0 radical (unpaired) electrons. The molecule has 0 bridgehead atoms. The van der Waals surface area contributed by atoms with Gasteiger partial charge in [-0.25, -0.2) is 13.6 Å². The van der Waals surface area contributed by atoms with Gasteiger partial charge in [-0.2, -0.15) is 0 Å². The third kappa shape index (κ3) is 3.43. The van der Waals surface area contributed by atoms with Gasteiger partial charge in [0, 0.05) is 6.20 Å². The van der Waals surface area contributed by atoms with Crippen molar-refractivity contribution in [3.63, 3.8) is 0 Å². The molecule has 0 unspecified atom stereocenters. The van der Waals surface area contributed by atoms with Gasteiger partial charge in [-0.15, -0.1) is 0 Å². The van der Waals surface area contributed by atoms with Crippen molar-refractivity contribution < 1.29 is 8.42 Å². The molecule has 2 aromatic rings. The second kappa shape index (κ2) is 5.25. The summed E-state index contributed by atoms with van der Waals surface area (Å²) in [5.74, 6) is 0. The van der Waals surface area contributed by atoms with Crippen molar-refractivity contribution in [1.29, 1.82) is 0 Å². The molecule has 0 aliphatic heterocycles. The Hall–Kier alpha value is -2.12. The van der Waals surface area contributed by atoms with E-state index in [1.165, 1.54) is 18.2 Å². The molecule has 1 aromatic carbocycles. The van der Waals surface area contributed by atoms with Crippen molar-refractivity contribution in [2.45, 2.75) is 11.4 Å². The van der Waals surface area contributed by atoms with E-state index in [0.717, 1.165) is 5.69 Å². The summed E-state index contributed by atoms with van der Waals surface area (Å²) in [6.07, 6.45) is 1.68. The molecule has 5 N–H and O–H groups in total. The maximum atomic E-state index is 11.3. The normalized spacial score (nSPS) is 11.2. The highest BCUT2D eigenvalue weighted by Crippen LogP contribution is 2.22. The summed E-state index contributed by atoms with van der Waals surface area (Å²) in [7, 11) is -3.74. The maximum absolute atomic E-state index is 11.3. The number of nitrogens with zero attached hydrogens (tertiary/aromatic N) is 1. The Labute approximate surface area is 111 Å². The van der Waals surface area contributed by atoms with Crippen LogP contribution in [0, 0.1) is 0 Å². The number of anilines is 2. The van der Waals surface area contributed by atoms with Crippen molar-refractivity contribution in [2.24, 2.45) is 5.14 Å². The van der Waals surface area contributed by atoms with E-state index in [9.17, 15) is 8.42 Å².